The lowest BCUT2D eigenvalue weighted by Crippen LogP contribution is -2.04. The van der Waals surface area contributed by atoms with Crippen LogP contribution in [0.2, 0.25) is 5.02 Å². The van der Waals surface area contributed by atoms with Gasteiger partial charge in [0, 0.05) is 81.6 Å². The Morgan fingerprint density at radius 2 is 0.878 bits per heavy atom. The molecule has 0 aliphatic rings. The van der Waals surface area contributed by atoms with Crippen LogP contribution in [0.15, 0.2) is 201 Å². The van der Waals surface area contributed by atoms with Crippen LogP contribution in [-0.4, -0.2) is 47.1 Å². The molecule has 9 aromatic rings. The maximum absolute atomic E-state index is 13.0. The Bertz CT molecular complexity index is 3070. The Morgan fingerprint density at radius 1 is 0.459 bits per heavy atom. The van der Waals surface area contributed by atoms with E-state index < -0.39 is 11.9 Å². The molecule has 16 nitrogen and oxygen atoms in total. The average Bonchev–Trinajstić information content (AvgIpc) is 3.44. The van der Waals surface area contributed by atoms with Gasteiger partial charge in [0.25, 0.3) is 0 Å². The van der Waals surface area contributed by atoms with Crippen LogP contribution < -0.4 is 31.9 Å². The van der Waals surface area contributed by atoms with Crippen molar-refractivity contribution in [2.45, 2.75) is 39.3 Å². The molecular weight excluding hydrogens is 959 g/mol. The van der Waals surface area contributed by atoms with E-state index in [1.807, 2.05) is 72.8 Å². The van der Waals surface area contributed by atoms with Crippen molar-refractivity contribution in [3.05, 3.63) is 251 Å². The molecule has 0 atom stereocenters. The molecule has 5 aromatic carbocycles. The third-order valence-corrected chi connectivity index (χ3v) is 10.6. The summed E-state index contributed by atoms with van der Waals surface area (Å²) in [7, 11) is 0. The molecule has 0 saturated heterocycles. The van der Waals surface area contributed by atoms with Crippen molar-refractivity contribution < 1.29 is 23.9 Å². The zero-order valence-electron chi connectivity index (χ0n) is 39.9. The fourth-order valence-electron chi connectivity index (χ4n) is 6.57. The van der Waals surface area contributed by atoms with E-state index in [-0.39, 0.29) is 11.7 Å². The normalized spacial score (nSPS) is 9.97. The number of aromatic carboxylic acids is 1. The number of benzene rings is 5. The zero-order valence-corrected chi connectivity index (χ0v) is 40.7. The number of halogens is 2. The number of carbonyl (C=O) groups is 1. The highest BCUT2D eigenvalue weighted by atomic mass is 35.5. The molecule has 0 spiro atoms. The second-order valence-corrected chi connectivity index (χ2v) is 16.2. The Hall–Kier alpha value is -9.57. The molecule has 9 rings (SSSR count). The Morgan fingerprint density at radius 3 is 1.32 bits per heavy atom. The second-order valence-electron chi connectivity index (χ2n) is 15.8. The third kappa shape index (κ3) is 20.0. The lowest BCUT2D eigenvalue weighted by atomic mass is 10.1. The van der Waals surface area contributed by atoms with Gasteiger partial charge in [0.2, 0.25) is 17.8 Å². The summed E-state index contributed by atoms with van der Waals surface area (Å²) in [5.74, 6) is 1.17. The third-order valence-electron chi connectivity index (χ3n) is 10.4. The van der Waals surface area contributed by atoms with Crippen LogP contribution >= 0.6 is 11.6 Å². The van der Waals surface area contributed by atoms with E-state index in [0.717, 1.165) is 40.4 Å². The number of hydrogen-bond acceptors (Lipinski definition) is 15. The first-order valence-corrected chi connectivity index (χ1v) is 23.4. The molecule has 4 aromatic heterocycles. The van der Waals surface area contributed by atoms with Crippen LogP contribution in [0.1, 0.15) is 43.7 Å². The first-order chi connectivity index (χ1) is 36.2. The fraction of sp³-hybridized carbons (Fsp3) is 0.107. The number of carboxylic acids is 1. The second kappa shape index (κ2) is 30.2. The smallest absolute Gasteiger partial charge is 0.373 e. The van der Waals surface area contributed by atoms with Gasteiger partial charge in [-0.2, -0.15) is 14.0 Å². The van der Waals surface area contributed by atoms with Crippen molar-refractivity contribution in [3.63, 3.8) is 0 Å². The van der Waals surface area contributed by atoms with E-state index >= 15 is 0 Å². The van der Waals surface area contributed by atoms with Crippen LogP contribution in [0, 0.1) is 5.95 Å². The number of nitrogens with one attached hydrogen (secondary N) is 6. The van der Waals surface area contributed by atoms with Gasteiger partial charge in [0.15, 0.2) is 0 Å². The zero-order chi connectivity index (χ0) is 52.0. The van der Waals surface area contributed by atoms with E-state index in [1.54, 1.807) is 73.4 Å². The number of pyridine rings is 2. The van der Waals surface area contributed by atoms with Gasteiger partial charge in [-0.3, -0.25) is 0 Å². The van der Waals surface area contributed by atoms with Crippen LogP contribution in [-0.2, 0) is 48.9 Å². The van der Waals surface area contributed by atoms with Gasteiger partial charge in [-0.15, -0.1) is 0 Å². The maximum atomic E-state index is 13.0. The highest BCUT2D eigenvalue weighted by molar-refractivity contribution is 6.30. The first-order valence-electron chi connectivity index (χ1n) is 23.0. The van der Waals surface area contributed by atoms with Crippen LogP contribution in [0.3, 0.4) is 0 Å². The van der Waals surface area contributed by atoms with Crippen molar-refractivity contribution in [3.8, 4) is 0 Å². The highest BCUT2D eigenvalue weighted by Crippen LogP contribution is 2.16. The molecule has 4 heterocycles. The first kappa shape index (κ1) is 53.8. The topological polar surface area (TPSA) is 221 Å². The summed E-state index contributed by atoms with van der Waals surface area (Å²) in [6.07, 6.45) is 8.71. The summed E-state index contributed by atoms with van der Waals surface area (Å²) < 4.78 is 13.0. The molecule has 7 N–H and O–H groups in total. The molecule has 0 aliphatic heterocycles. The number of para-hydroxylation sites is 1. The summed E-state index contributed by atoms with van der Waals surface area (Å²) in [5, 5.41) is 29.0. The Kier molecular flexibility index (Phi) is 22.0. The lowest BCUT2D eigenvalue weighted by molar-refractivity contribution is -0.191. The SMILES string of the molecule is Clc1ccc(NCc2ccc(CNc3ncccn3)cc2)nc1.Fc1cccc(NCc2ccc(CNc3ncccn3)cc2)n1.O=C(O)c1cccc(NCc2ccc(CNc3ccccc3)cc2)c1.O=C=O. The van der Waals surface area contributed by atoms with Gasteiger partial charge >= 0.3 is 12.1 Å². The Labute approximate surface area is 432 Å². The molecule has 0 fully saturated rings. The number of hydrogen-bond donors (Lipinski definition) is 7. The number of rotatable bonds is 19. The number of carbonyl (C=O) groups excluding carboxylic acids is 2. The lowest BCUT2D eigenvalue weighted by Gasteiger charge is -2.09. The minimum absolute atomic E-state index is 0.250. The molecule has 0 unspecified atom stereocenters. The largest absolute Gasteiger partial charge is 0.478 e. The molecule has 0 amide bonds. The predicted octanol–water partition coefficient (Wildman–Crippen LogP) is 11.0. The fourth-order valence-corrected chi connectivity index (χ4v) is 6.68. The standard InChI is InChI=1S/C21H20N2O2.C17H16ClN5.C17H16FN5.CO2/c24-21(25)18-5-4-8-20(13-18)23-15-17-11-9-16(10-12-17)14-22-19-6-2-1-3-7-19;18-15-6-7-16(22-12-15)21-10-13-2-4-14(5-3-13)11-23-17-19-8-1-9-20-17;18-15-3-1-4-16(23-15)21-11-13-5-7-14(8-6-13)12-22-17-19-9-2-10-20-17;2-1-3/h1-13,22-23H,14-15H2,(H,24,25);1-9,12H,10-11H2,(H,21,22)(H,19,20,23);1-10H,11-12H2,(H,21,23)(H,19,20,22);. The molecule has 374 valence electrons. The van der Waals surface area contributed by atoms with Crippen molar-refractivity contribution in [2.75, 3.05) is 31.9 Å². The predicted molar refractivity (Wildman–Crippen MR) is 286 cm³/mol. The van der Waals surface area contributed by atoms with Crippen molar-refractivity contribution >= 4 is 58.6 Å². The number of aromatic nitrogens is 6. The Balaban J connectivity index is 0.000000176. The monoisotopic (exact) mass is 1010 g/mol. The van der Waals surface area contributed by atoms with Crippen LogP contribution in [0.25, 0.3) is 0 Å². The molecule has 0 aliphatic carbocycles. The van der Waals surface area contributed by atoms with Gasteiger partial charge in [-0.05, 0) is 100 Å². The van der Waals surface area contributed by atoms with E-state index in [9.17, 15) is 9.18 Å². The van der Waals surface area contributed by atoms with Crippen LogP contribution in [0.5, 0.6) is 0 Å². The summed E-state index contributed by atoms with van der Waals surface area (Å²) in [6, 6.07) is 53.7. The van der Waals surface area contributed by atoms with E-state index in [1.165, 1.54) is 22.8 Å². The van der Waals surface area contributed by atoms with E-state index in [4.69, 9.17) is 26.3 Å². The van der Waals surface area contributed by atoms with Crippen molar-refractivity contribution in [1.29, 1.82) is 0 Å². The van der Waals surface area contributed by atoms with E-state index in [0.29, 0.717) is 55.5 Å². The average molecular weight is 1010 g/mol. The van der Waals surface area contributed by atoms with Gasteiger partial charge < -0.3 is 37.0 Å². The summed E-state index contributed by atoms with van der Waals surface area (Å²) in [5.41, 5.74) is 9.12. The van der Waals surface area contributed by atoms with Gasteiger partial charge in [0.05, 0.1) is 10.6 Å². The quantitative estimate of drug-likeness (QED) is 0.0374. The molecule has 0 bridgehead atoms. The van der Waals surface area contributed by atoms with Gasteiger partial charge in [0.1, 0.15) is 11.6 Å². The van der Waals surface area contributed by atoms with Crippen molar-refractivity contribution in [1.82, 2.24) is 29.9 Å². The summed E-state index contributed by atoms with van der Waals surface area (Å²) >= 11 is 5.82. The van der Waals surface area contributed by atoms with Gasteiger partial charge in [-0.25, -0.2) is 34.7 Å². The summed E-state index contributed by atoms with van der Waals surface area (Å²) in [6.45, 7) is 4.07. The molecule has 0 saturated carbocycles. The number of nitrogens with zero attached hydrogens (tertiary/aromatic N) is 6. The van der Waals surface area contributed by atoms with Crippen molar-refractivity contribution in [2.24, 2.45) is 0 Å². The molecule has 0 radical (unpaired) electrons. The minimum atomic E-state index is -0.918. The molecular formula is C56H52ClFN12O4. The number of carboxylic acid groups (broad SMARTS) is 1. The maximum Gasteiger partial charge on any atom is 0.373 e. The summed E-state index contributed by atoms with van der Waals surface area (Å²) in [4.78, 5) is 51.7. The van der Waals surface area contributed by atoms with Crippen LogP contribution in [0.4, 0.5) is 39.3 Å². The van der Waals surface area contributed by atoms with Gasteiger partial charge in [-0.1, -0.05) is 115 Å². The minimum Gasteiger partial charge on any atom is -0.478 e. The molecule has 74 heavy (non-hydrogen) atoms. The number of anilines is 6. The highest BCUT2D eigenvalue weighted by Gasteiger charge is 2.05. The molecule has 18 heteroatoms. The van der Waals surface area contributed by atoms with E-state index in [2.05, 4.69) is 110 Å².